The van der Waals surface area contributed by atoms with Crippen molar-refractivity contribution >= 4 is 11.7 Å². The van der Waals surface area contributed by atoms with E-state index >= 15 is 0 Å². The van der Waals surface area contributed by atoms with Gasteiger partial charge in [0.15, 0.2) is 0 Å². The predicted octanol–water partition coefficient (Wildman–Crippen LogP) is 1.34. The van der Waals surface area contributed by atoms with Crippen LogP contribution in [-0.2, 0) is 9.59 Å². The Morgan fingerprint density at radius 2 is 2.30 bits per heavy atom. The average molecular weight is 139 g/mol. The Kier molecular flexibility index (Phi) is 5.69. The third kappa shape index (κ3) is 5.26. The maximum absolute atomic E-state index is 10.7. The molecule has 0 heterocycles. The van der Waals surface area contributed by atoms with E-state index in [9.17, 15) is 9.59 Å². The number of ketones is 1. The highest BCUT2D eigenvalue weighted by Crippen LogP contribution is 1.95. The van der Waals surface area contributed by atoms with Crippen LogP contribution < -0.4 is 0 Å². The molecule has 55 valence electrons. The van der Waals surface area contributed by atoms with Gasteiger partial charge in [-0.25, -0.2) is 4.79 Å². The van der Waals surface area contributed by atoms with E-state index in [2.05, 4.69) is 0 Å². The van der Waals surface area contributed by atoms with E-state index in [1.807, 2.05) is 6.92 Å². The van der Waals surface area contributed by atoms with Crippen molar-refractivity contribution in [2.75, 3.05) is 0 Å². The van der Waals surface area contributed by atoms with Crippen molar-refractivity contribution in [1.82, 2.24) is 0 Å². The van der Waals surface area contributed by atoms with Crippen LogP contribution in [0.25, 0.3) is 0 Å². The first-order valence-electron chi connectivity index (χ1n) is 3.36. The Hall–Kier alpha value is -0.880. The maximum atomic E-state index is 10.7. The first-order chi connectivity index (χ1) is 4.81. The normalized spacial score (nSPS) is 8.50. The van der Waals surface area contributed by atoms with E-state index in [1.165, 1.54) is 12.5 Å². The Morgan fingerprint density at radius 3 is 2.80 bits per heavy atom. The largest absolute Gasteiger partial charge is 0.299 e. The van der Waals surface area contributed by atoms with Gasteiger partial charge in [-0.05, 0) is 12.8 Å². The Bertz CT molecular complexity index is 143. The summed E-state index contributed by atoms with van der Waals surface area (Å²) >= 11 is 0. The van der Waals surface area contributed by atoms with Crippen molar-refractivity contribution in [3.8, 4) is 0 Å². The van der Waals surface area contributed by atoms with Gasteiger partial charge in [-0.2, -0.15) is 0 Å². The quantitative estimate of drug-likeness (QED) is 0.538. The summed E-state index contributed by atoms with van der Waals surface area (Å²) in [6.07, 6.45) is 4.66. The van der Waals surface area contributed by atoms with Gasteiger partial charge in [0.05, 0.1) is 0 Å². The molecule has 0 amide bonds. The van der Waals surface area contributed by atoms with Crippen molar-refractivity contribution in [3.05, 3.63) is 12.5 Å². The fourth-order valence-corrected chi connectivity index (χ4v) is 0.587. The smallest absolute Gasteiger partial charge is 0.137 e. The number of hydrogen-bond acceptors (Lipinski definition) is 2. The summed E-state index contributed by atoms with van der Waals surface area (Å²) in [5.41, 5.74) is 0. The minimum Gasteiger partial charge on any atom is -0.299 e. The van der Waals surface area contributed by atoms with Gasteiger partial charge < -0.3 is 0 Å². The lowest BCUT2D eigenvalue weighted by molar-refractivity contribution is -0.116. The van der Waals surface area contributed by atoms with Gasteiger partial charge in [0.1, 0.15) is 11.7 Å². The number of allylic oxidation sites excluding steroid dienone is 1. The molecule has 0 aromatic heterocycles. The second-order valence-corrected chi connectivity index (χ2v) is 1.98. The molecule has 0 saturated heterocycles. The van der Waals surface area contributed by atoms with Gasteiger partial charge in [0.2, 0.25) is 0 Å². The monoisotopic (exact) mass is 139 g/mol. The first kappa shape index (κ1) is 9.12. The van der Waals surface area contributed by atoms with Crippen LogP contribution >= 0.6 is 0 Å². The van der Waals surface area contributed by atoms with Crippen LogP contribution in [-0.4, -0.2) is 11.7 Å². The molecule has 0 atom stereocenters. The van der Waals surface area contributed by atoms with E-state index in [0.717, 1.165) is 6.42 Å². The highest BCUT2D eigenvalue weighted by atomic mass is 16.1. The fraction of sp³-hybridized carbons (Fsp3) is 0.500. The van der Waals surface area contributed by atoms with E-state index in [0.29, 0.717) is 12.8 Å². The predicted molar refractivity (Wildman–Crippen MR) is 39.1 cm³/mol. The van der Waals surface area contributed by atoms with Gasteiger partial charge >= 0.3 is 0 Å². The van der Waals surface area contributed by atoms with Crippen molar-refractivity contribution in [2.45, 2.75) is 26.2 Å². The van der Waals surface area contributed by atoms with Crippen molar-refractivity contribution < 1.29 is 9.59 Å². The highest BCUT2D eigenvalue weighted by Gasteiger charge is 1.97. The van der Waals surface area contributed by atoms with Gasteiger partial charge in [0.25, 0.3) is 0 Å². The van der Waals surface area contributed by atoms with Crippen molar-refractivity contribution in [3.63, 3.8) is 0 Å². The first-order valence-corrected chi connectivity index (χ1v) is 3.36. The second kappa shape index (κ2) is 6.24. The van der Waals surface area contributed by atoms with Crippen LogP contribution in [0.5, 0.6) is 0 Å². The fourth-order valence-electron chi connectivity index (χ4n) is 0.587. The summed E-state index contributed by atoms with van der Waals surface area (Å²) in [5, 5.41) is 0. The zero-order chi connectivity index (χ0) is 7.82. The molecule has 0 fully saturated rings. The molecule has 0 aromatic rings. The van der Waals surface area contributed by atoms with Crippen LogP contribution in [0.1, 0.15) is 26.2 Å². The number of hydrogen-bond donors (Lipinski definition) is 0. The molecule has 0 bridgehead atoms. The topological polar surface area (TPSA) is 34.1 Å². The number of rotatable bonds is 5. The molecule has 0 aliphatic rings. The highest BCUT2D eigenvalue weighted by molar-refractivity contribution is 5.87. The minimum atomic E-state index is 0.106. The van der Waals surface area contributed by atoms with Crippen LogP contribution in [0.4, 0.5) is 0 Å². The van der Waals surface area contributed by atoms with Crippen LogP contribution in [0.15, 0.2) is 6.08 Å². The average Bonchev–Trinajstić information content (AvgIpc) is 1.89. The lowest BCUT2D eigenvalue weighted by Crippen LogP contribution is -1.95. The SMILES string of the molecule is CCCC(=O)[CH]CC=C=O. The standard InChI is InChI=1S/C8H11O2/c1-2-5-8(10)6-3-4-7-9/h4,6H,2-3,5H2,1H3. The third-order valence-corrected chi connectivity index (χ3v) is 1.04. The molecule has 0 saturated carbocycles. The summed E-state index contributed by atoms with van der Waals surface area (Å²) in [4.78, 5) is 20.3. The summed E-state index contributed by atoms with van der Waals surface area (Å²) in [6.45, 7) is 1.95. The molecule has 0 aliphatic heterocycles. The maximum Gasteiger partial charge on any atom is 0.137 e. The summed E-state index contributed by atoms with van der Waals surface area (Å²) in [6, 6.07) is 0. The number of carbonyl (C=O) groups excluding carboxylic acids is 2. The molecule has 0 N–H and O–H groups in total. The Morgan fingerprint density at radius 1 is 1.60 bits per heavy atom. The van der Waals surface area contributed by atoms with E-state index in [-0.39, 0.29) is 5.78 Å². The molecule has 0 aliphatic carbocycles. The molecule has 1 radical (unpaired) electrons. The minimum absolute atomic E-state index is 0.106. The molecular weight excluding hydrogens is 128 g/mol. The number of Topliss-reactive ketones (excluding diaryl/α,β-unsaturated/α-hetero) is 1. The lowest BCUT2D eigenvalue weighted by Gasteiger charge is -1.91. The molecular formula is C8H11O2. The van der Waals surface area contributed by atoms with Crippen molar-refractivity contribution in [2.24, 2.45) is 0 Å². The Balaban J connectivity index is 3.30. The summed E-state index contributed by atoms with van der Waals surface area (Å²) < 4.78 is 0. The van der Waals surface area contributed by atoms with Gasteiger partial charge in [-0.1, -0.05) is 6.92 Å². The van der Waals surface area contributed by atoms with Crippen LogP contribution in [0.2, 0.25) is 0 Å². The van der Waals surface area contributed by atoms with Crippen molar-refractivity contribution in [1.29, 1.82) is 0 Å². The summed E-state index contributed by atoms with van der Waals surface area (Å²) in [5.74, 6) is 1.71. The third-order valence-electron chi connectivity index (χ3n) is 1.04. The van der Waals surface area contributed by atoms with Crippen LogP contribution in [0, 0.1) is 6.42 Å². The van der Waals surface area contributed by atoms with E-state index < -0.39 is 0 Å². The summed E-state index contributed by atoms with van der Waals surface area (Å²) in [7, 11) is 0. The van der Waals surface area contributed by atoms with Gasteiger partial charge in [0, 0.05) is 18.9 Å². The molecule has 0 rings (SSSR count). The van der Waals surface area contributed by atoms with Gasteiger partial charge in [-0.3, -0.25) is 4.79 Å². The molecule has 2 nitrogen and oxygen atoms in total. The Labute approximate surface area is 60.9 Å². The zero-order valence-corrected chi connectivity index (χ0v) is 6.09. The second-order valence-electron chi connectivity index (χ2n) is 1.98. The van der Waals surface area contributed by atoms with Gasteiger partial charge in [-0.15, -0.1) is 0 Å². The molecule has 0 unspecified atom stereocenters. The molecule has 10 heavy (non-hydrogen) atoms. The molecule has 0 spiro atoms. The number of carbonyl (C=O) groups is 1. The molecule has 2 heteroatoms. The van der Waals surface area contributed by atoms with E-state index in [4.69, 9.17) is 0 Å². The lowest BCUT2D eigenvalue weighted by atomic mass is 10.1. The molecule has 0 aromatic carbocycles. The zero-order valence-electron chi connectivity index (χ0n) is 6.09. The van der Waals surface area contributed by atoms with E-state index in [1.54, 1.807) is 5.94 Å². The van der Waals surface area contributed by atoms with Crippen LogP contribution in [0.3, 0.4) is 0 Å².